The largest absolute Gasteiger partial charge is 0.144 e. The summed E-state index contributed by atoms with van der Waals surface area (Å²) in [5.74, 6) is 1.11. The third kappa shape index (κ3) is 1.74. The Balaban J connectivity index is 2.01. The Morgan fingerprint density at radius 2 is 1.75 bits per heavy atom. The van der Waals surface area contributed by atoms with Gasteiger partial charge >= 0.3 is 0 Å². The molecule has 0 N–H and O–H groups in total. The molecule has 0 aliphatic carbocycles. The number of halogens is 1. The number of thioether (sulfide) groups is 1. The Kier molecular flexibility index (Phi) is 2.66. The lowest BCUT2D eigenvalue weighted by molar-refractivity contribution is 1.16. The zero-order valence-electron chi connectivity index (χ0n) is 8.69. The van der Waals surface area contributed by atoms with Gasteiger partial charge in [0.05, 0.1) is 5.25 Å². The van der Waals surface area contributed by atoms with Crippen LogP contribution in [-0.2, 0) is 5.75 Å². The number of fused-ring (bicyclic) bond motifs is 1. The van der Waals surface area contributed by atoms with Crippen LogP contribution >= 0.6 is 23.4 Å². The van der Waals surface area contributed by atoms with E-state index in [1.54, 1.807) is 0 Å². The highest BCUT2D eigenvalue weighted by Crippen LogP contribution is 2.45. The first-order valence-electron chi connectivity index (χ1n) is 5.29. The first-order valence-corrected chi connectivity index (χ1v) is 6.72. The lowest BCUT2D eigenvalue weighted by atomic mass is 10.0. The molecule has 1 heterocycles. The first kappa shape index (κ1) is 10.2. The van der Waals surface area contributed by atoms with E-state index in [9.17, 15) is 0 Å². The Bertz CT molecular complexity index is 504. The molecule has 2 aromatic rings. The van der Waals surface area contributed by atoms with Crippen LogP contribution in [0.4, 0.5) is 0 Å². The van der Waals surface area contributed by atoms with Gasteiger partial charge in [-0.3, -0.25) is 0 Å². The average Bonchev–Trinajstić information content (AvgIpc) is 2.74. The Hall–Kier alpha value is -0.920. The molecular formula is C14H11ClS. The van der Waals surface area contributed by atoms with Gasteiger partial charge in [0, 0.05) is 10.8 Å². The predicted octanol–water partition coefficient (Wildman–Crippen LogP) is 4.68. The van der Waals surface area contributed by atoms with E-state index in [1.807, 2.05) is 23.9 Å². The fourth-order valence-electron chi connectivity index (χ4n) is 2.10. The van der Waals surface area contributed by atoms with E-state index in [0.29, 0.717) is 5.25 Å². The van der Waals surface area contributed by atoms with Gasteiger partial charge in [0.2, 0.25) is 0 Å². The summed E-state index contributed by atoms with van der Waals surface area (Å²) in [6.45, 7) is 0. The van der Waals surface area contributed by atoms with Gasteiger partial charge in [-0.15, -0.1) is 11.8 Å². The van der Waals surface area contributed by atoms with Crippen LogP contribution in [-0.4, -0.2) is 0 Å². The molecule has 1 atom stereocenters. The molecular weight excluding hydrogens is 236 g/mol. The van der Waals surface area contributed by atoms with Gasteiger partial charge in [0.1, 0.15) is 0 Å². The smallest absolute Gasteiger partial charge is 0.0552 e. The summed E-state index contributed by atoms with van der Waals surface area (Å²) in [5, 5.41) is 1.29. The normalized spacial score (nSPS) is 18.4. The van der Waals surface area contributed by atoms with Gasteiger partial charge in [-0.05, 0) is 28.8 Å². The van der Waals surface area contributed by atoms with Crippen LogP contribution in [0.3, 0.4) is 0 Å². The van der Waals surface area contributed by atoms with Crippen molar-refractivity contribution >= 4 is 23.4 Å². The van der Waals surface area contributed by atoms with E-state index in [2.05, 4.69) is 36.4 Å². The second-order valence-corrected chi connectivity index (χ2v) is 5.47. The van der Waals surface area contributed by atoms with Crippen LogP contribution in [0.15, 0.2) is 48.5 Å². The summed E-state index contributed by atoms with van der Waals surface area (Å²) in [4.78, 5) is 0. The summed E-state index contributed by atoms with van der Waals surface area (Å²) in [5.41, 5.74) is 4.27. The number of rotatable bonds is 1. The van der Waals surface area contributed by atoms with Crippen molar-refractivity contribution in [1.29, 1.82) is 0 Å². The van der Waals surface area contributed by atoms with Crippen LogP contribution in [0.1, 0.15) is 21.9 Å². The summed E-state index contributed by atoms with van der Waals surface area (Å²) in [7, 11) is 0. The second kappa shape index (κ2) is 4.15. The van der Waals surface area contributed by atoms with Gasteiger partial charge in [-0.2, -0.15) is 0 Å². The minimum absolute atomic E-state index is 0.480. The Morgan fingerprint density at radius 1 is 1.00 bits per heavy atom. The molecule has 0 bridgehead atoms. The third-order valence-electron chi connectivity index (χ3n) is 2.92. The molecule has 2 heteroatoms. The van der Waals surface area contributed by atoms with Crippen molar-refractivity contribution in [2.24, 2.45) is 0 Å². The highest BCUT2D eigenvalue weighted by atomic mass is 35.5. The highest BCUT2D eigenvalue weighted by Gasteiger charge is 2.23. The predicted molar refractivity (Wildman–Crippen MR) is 71.0 cm³/mol. The zero-order chi connectivity index (χ0) is 11.0. The minimum Gasteiger partial charge on any atom is -0.144 e. The van der Waals surface area contributed by atoms with E-state index >= 15 is 0 Å². The SMILES string of the molecule is Clc1ccc(C2SCc3ccccc32)cc1. The standard InChI is InChI=1S/C14H11ClS/c15-12-7-5-10(6-8-12)14-13-4-2-1-3-11(13)9-16-14/h1-8,14H,9H2. The van der Waals surface area contributed by atoms with E-state index in [1.165, 1.54) is 16.7 Å². The van der Waals surface area contributed by atoms with E-state index < -0.39 is 0 Å². The molecule has 2 aromatic carbocycles. The first-order chi connectivity index (χ1) is 7.84. The molecule has 0 aromatic heterocycles. The van der Waals surface area contributed by atoms with Crippen molar-refractivity contribution in [3.8, 4) is 0 Å². The van der Waals surface area contributed by atoms with Gasteiger partial charge in [0.15, 0.2) is 0 Å². The molecule has 1 aliphatic rings. The molecule has 80 valence electrons. The second-order valence-electron chi connectivity index (χ2n) is 3.94. The highest BCUT2D eigenvalue weighted by molar-refractivity contribution is 7.99. The van der Waals surface area contributed by atoms with Crippen LogP contribution in [0.5, 0.6) is 0 Å². The lowest BCUT2D eigenvalue weighted by Gasteiger charge is -2.11. The van der Waals surface area contributed by atoms with Crippen LogP contribution < -0.4 is 0 Å². The van der Waals surface area contributed by atoms with E-state index in [-0.39, 0.29) is 0 Å². The quantitative estimate of drug-likeness (QED) is 0.704. The Morgan fingerprint density at radius 3 is 2.56 bits per heavy atom. The third-order valence-corrected chi connectivity index (χ3v) is 4.50. The van der Waals surface area contributed by atoms with Crippen molar-refractivity contribution in [3.05, 3.63) is 70.2 Å². The maximum absolute atomic E-state index is 5.91. The molecule has 16 heavy (non-hydrogen) atoms. The van der Waals surface area contributed by atoms with Gasteiger partial charge in [-0.1, -0.05) is 48.0 Å². The molecule has 1 aliphatic heterocycles. The maximum atomic E-state index is 5.91. The molecule has 0 radical (unpaired) electrons. The molecule has 1 unspecified atom stereocenters. The zero-order valence-corrected chi connectivity index (χ0v) is 10.3. The van der Waals surface area contributed by atoms with Crippen molar-refractivity contribution in [2.45, 2.75) is 11.0 Å². The monoisotopic (exact) mass is 246 g/mol. The van der Waals surface area contributed by atoms with Crippen LogP contribution in [0.2, 0.25) is 5.02 Å². The van der Waals surface area contributed by atoms with E-state index in [0.717, 1.165) is 10.8 Å². The van der Waals surface area contributed by atoms with Gasteiger partial charge < -0.3 is 0 Å². The summed E-state index contributed by atoms with van der Waals surface area (Å²) in [6, 6.07) is 16.9. The van der Waals surface area contributed by atoms with Gasteiger partial charge in [0.25, 0.3) is 0 Å². The van der Waals surface area contributed by atoms with E-state index in [4.69, 9.17) is 11.6 Å². The van der Waals surface area contributed by atoms with Crippen LogP contribution in [0.25, 0.3) is 0 Å². The van der Waals surface area contributed by atoms with Crippen molar-refractivity contribution < 1.29 is 0 Å². The summed E-state index contributed by atoms with van der Waals surface area (Å²) in [6.07, 6.45) is 0. The average molecular weight is 247 g/mol. The summed E-state index contributed by atoms with van der Waals surface area (Å²) >= 11 is 7.90. The lowest BCUT2D eigenvalue weighted by Crippen LogP contribution is -1.92. The van der Waals surface area contributed by atoms with Crippen molar-refractivity contribution in [1.82, 2.24) is 0 Å². The van der Waals surface area contributed by atoms with Crippen LogP contribution in [0, 0.1) is 0 Å². The molecule has 0 spiro atoms. The maximum Gasteiger partial charge on any atom is 0.0552 e. The number of hydrogen-bond acceptors (Lipinski definition) is 1. The molecule has 0 saturated heterocycles. The fraction of sp³-hybridized carbons (Fsp3) is 0.143. The number of hydrogen-bond donors (Lipinski definition) is 0. The molecule has 0 fully saturated rings. The Labute approximate surface area is 105 Å². The fourth-order valence-corrected chi connectivity index (χ4v) is 3.59. The minimum atomic E-state index is 0.480. The molecule has 3 rings (SSSR count). The molecule has 0 nitrogen and oxygen atoms in total. The van der Waals surface area contributed by atoms with Gasteiger partial charge in [-0.25, -0.2) is 0 Å². The number of benzene rings is 2. The molecule has 0 amide bonds. The van der Waals surface area contributed by atoms with Crippen molar-refractivity contribution in [2.75, 3.05) is 0 Å². The summed E-state index contributed by atoms with van der Waals surface area (Å²) < 4.78 is 0. The van der Waals surface area contributed by atoms with Crippen molar-refractivity contribution in [3.63, 3.8) is 0 Å². The molecule has 0 saturated carbocycles. The topological polar surface area (TPSA) is 0 Å².